The second-order valence-corrected chi connectivity index (χ2v) is 6.71. The van der Waals surface area contributed by atoms with Crippen molar-refractivity contribution in [2.45, 2.75) is 44.7 Å². The van der Waals surface area contributed by atoms with Gasteiger partial charge in [-0.2, -0.15) is 5.26 Å². The fourth-order valence-electron chi connectivity index (χ4n) is 3.08. The van der Waals surface area contributed by atoms with Gasteiger partial charge in [0.1, 0.15) is 17.6 Å². The zero-order valence-corrected chi connectivity index (χ0v) is 13.3. The Morgan fingerprint density at radius 1 is 1.48 bits per heavy atom. The first-order valence-electron chi connectivity index (χ1n) is 8.15. The monoisotopic (exact) mass is 314 g/mol. The highest BCUT2D eigenvalue weighted by Gasteiger charge is 2.37. The number of nitrogens with one attached hydrogen (secondary N) is 1. The number of carboxylic acid groups (broad SMARTS) is 1. The lowest BCUT2D eigenvalue weighted by molar-refractivity contribution is -0.139. The lowest BCUT2D eigenvalue weighted by atomic mass is 9.85. The van der Waals surface area contributed by atoms with Gasteiger partial charge in [-0.1, -0.05) is 6.07 Å². The second-order valence-electron chi connectivity index (χ2n) is 6.71. The van der Waals surface area contributed by atoms with E-state index in [0.717, 1.165) is 30.8 Å². The molecule has 2 aliphatic carbocycles. The van der Waals surface area contributed by atoms with Crippen LogP contribution in [0.1, 0.15) is 36.9 Å². The van der Waals surface area contributed by atoms with E-state index in [4.69, 9.17) is 10.4 Å². The van der Waals surface area contributed by atoms with E-state index in [1.807, 2.05) is 19.1 Å². The number of hydrogen-bond acceptors (Lipinski definition) is 5. The lowest BCUT2D eigenvalue weighted by Gasteiger charge is -2.43. The Bertz CT molecular complexity index is 630. The zero-order chi connectivity index (χ0) is 16.4. The van der Waals surface area contributed by atoms with Crippen LogP contribution in [0.25, 0.3) is 0 Å². The third-order valence-electron chi connectivity index (χ3n) is 4.71. The van der Waals surface area contributed by atoms with Crippen molar-refractivity contribution in [3.05, 3.63) is 23.4 Å². The van der Waals surface area contributed by atoms with Gasteiger partial charge in [0, 0.05) is 18.6 Å². The third-order valence-corrected chi connectivity index (χ3v) is 4.71. The molecule has 0 spiro atoms. The molecule has 0 bridgehead atoms. The molecule has 0 saturated heterocycles. The molecule has 0 radical (unpaired) electrons. The van der Waals surface area contributed by atoms with Crippen molar-refractivity contribution in [1.82, 2.24) is 9.88 Å². The molecule has 1 heterocycles. The van der Waals surface area contributed by atoms with E-state index in [1.54, 1.807) is 0 Å². The van der Waals surface area contributed by atoms with Crippen LogP contribution >= 0.6 is 0 Å². The number of aliphatic carboxylic acids is 1. The van der Waals surface area contributed by atoms with Crippen LogP contribution in [0.2, 0.25) is 0 Å². The number of rotatable bonds is 7. The van der Waals surface area contributed by atoms with Gasteiger partial charge in [0.25, 0.3) is 0 Å². The summed E-state index contributed by atoms with van der Waals surface area (Å²) in [5, 5.41) is 21.5. The number of anilines is 1. The lowest BCUT2D eigenvalue weighted by Crippen LogP contribution is -2.52. The first kappa shape index (κ1) is 15.8. The number of pyridine rings is 1. The summed E-state index contributed by atoms with van der Waals surface area (Å²) < 4.78 is 0. The molecule has 1 aromatic heterocycles. The smallest absolute Gasteiger partial charge is 0.317 e. The number of carboxylic acids is 1. The molecule has 0 amide bonds. The minimum atomic E-state index is -0.749. The fourth-order valence-corrected chi connectivity index (χ4v) is 3.08. The molecule has 23 heavy (non-hydrogen) atoms. The summed E-state index contributed by atoms with van der Waals surface area (Å²) in [6.07, 6.45) is 4.32. The SMILES string of the molecule is Cc1ccc(NC2CC(N(CC(=O)O)CC3CC3)C2)nc1C#N. The second kappa shape index (κ2) is 6.55. The maximum Gasteiger partial charge on any atom is 0.317 e. The van der Waals surface area contributed by atoms with Crippen molar-refractivity contribution in [3.8, 4) is 6.07 Å². The average Bonchev–Trinajstić information content (AvgIpc) is 3.27. The molecule has 6 nitrogen and oxygen atoms in total. The number of aromatic nitrogens is 1. The van der Waals surface area contributed by atoms with Gasteiger partial charge in [-0.15, -0.1) is 0 Å². The summed E-state index contributed by atoms with van der Waals surface area (Å²) in [5.74, 6) is 0.668. The normalized spacial score (nSPS) is 23.2. The molecule has 0 atom stereocenters. The summed E-state index contributed by atoms with van der Waals surface area (Å²) in [6, 6.07) is 6.53. The molecule has 122 valence electrons. The van der Waals surface area contributed by atoms with Crippen LogP contribution in [-0.2, 0) is 4.79 Å². The standard InChI is InChI=1S/C17H22N4O2/c1-11-2-5-16(20-15(11)8-18)19-13-6-14(7-13)21(10-17(22)23)9-12-3-4-12/h2,5,12-14H,3-4,6-7,9-10H2,1H3,(H,19,20)(H,22,23). The molecule has 2 fully saturated rings. The van der Waals surface area contributed by atoms with Crippen molar-refractivity contribution in [1.29, 1.82) is 5.26 Å². The van der Waals surface area contributed by atoms with Crippen molar-refractivity contribution < 1.29 is 9.90 Å². The van der Waals surface area contributed by atoms with Gasteiger partial charge in [-0.05, 0) is 50.2 Å². The predicted molar refractivity (Wildman–Crippen MR) is 86.1 cm³/mol. The maximum atomic E-state index is 11.0. The number of nitrogens with zero attached hydrogens (tertiary/aromatic N) is 3. The molecule has 3 rings (SSSR count). The molecule has 2 saturated carbocycles. The highest BCUT2D eigenvalue weighted by molar-refractivity contribution is 5.69. The minimum Gasteiger partial charge on any atom is -0.480 e. The van der Waals surface area contributed by atoms with E-state index in [-0.39, 0.29) is 6.54 Å². The van der Waals surface area contributed by atoms with Crippen LogP contribution in [-0.4, -0.2) is 46.1 Å². The van der Waals surface area contributed by atoms with E-state index in [9.17, 15) is 4.79 Å². The summed E-state index contributed by atoms with van der Waals surface area (Å²) in [7, 11) is 0. The Balaban J connectivity index is 1.53. The Labute approximate surface area is 136 Å². The van der Waals surface area contributed by atoms with Crippen LogP contribution in [0.5, 0.6) is 0 Å². The number of aryl methyl sites for hydroxylation is 1. The molecule has 2 N–H and O–H groups in total. The van der Waals surface area contributed by atoms with Crippen molar-refractivity contribution in [3.63, 3.8) is 0 Å². The van der Waals surface area contributed by atoms with Crippen molar-refractivity contribution in [2.24, 2.45) is 5.92 Å². The quantitative estimate of drug-likeness (QED) is 0.800. The van der Waals surface area contributed by atoms with Crippen LogP contribution < -0.4 is 5.32 Å². The van der Waals surface area contributed by atoms with E-state index in [2.05, 4.69) is 21.3 Å². The molecule has 1 aromatic rings. The molecular formula is C17H22N4O2. The topological polar surface area (TPSA) is 89.2 Å². The average molecular weight is 314 g/mol. The van der Waals surface area contributed by atoms with Crippen molar-refractivity contribution >= 4 is 11.8 Å². The highest BCUT2D eigenvalue weighted by Crippen LogP contribution is 2.34. The Kier molecular flexibility index (Phi) is 4.49. The van der Waals surface area contributed by atoms with E-state index in [0.29, 0.717) is 23.7 Å². The first-order valence-corrected chi connectivity index (χ1v) is 8.15. The third kappa shape index (κ3) is 3.99. The van der Waals surface area contributed by atoms with Gasteiger partial charge < -0.3 is 10.4 Å². The summed E-state index contributed by atoms with van der Waals surface area (Å²) >= 11 is 0. The highest BCUT2D eigenvalue weighted by atomic mass is 16.4. The van der Waals surface area contributed by atoms with Crippen LogP contribution in [0.3, 0.4) is 0 Å². The Morgan fingerprint density at radius 3 is 2.83 bits per heavy atom. The molecule has 0 aromatic carbocycles. The molecule has 2 aliphatic rings. The van der Waals surface area contributed by atoms with Crippen LogP contribution in [0, 0.1) is 24.2 Å². The summed E-state index contributed by atoms with van der Waals surface area (Å²) in [4.78, 5) is 17.5. The maximum absolute atomic E-state index is 11.0. The Morgan fingerprint density at radius 2 is 2.22 bits per heavy atom. The molecule has 6 heteroatoms. The van der Waals surface area contributed by atoms with Gasteiger partial charge in [-0.25, -0.2) is 4.98 Å². The largest absolute Gasteiger partial charge is 0.480 e. The summed E-state index contributed by atoms with van der Waals surface area (Å²) in [6.45, 7) is 2.91. The number of carbonyl (C=O) groups is 1. The van der Waals surface area contributed by atoms with Gasteiger partial charge in [0.15, 0.2) is 0 Å². The first-order chi connectivity index (χ1) is 11.0. The molecule has 0 unspecified atom stereocenters. The zero-order valence-electron chi connectivity index (χ0n) is 13.3. The van der Waals surface area contributed by atoms with Gasteiger partial charge in [-0.3, -0.25) is 9.69 Å². The van der Waals surface area contributed by atoms with Crippen LogP contribution in [0.4, 0.5) is 5.82 Å². The van der Waals surface area contributed by atoms with E-state index < -0.39 is 5.97 Å². The number of nitriles is 1. The van der Waals surface area contributed by atoms with E-state index in [1.165, 1.54) is 12.8 Å². The van der Waals surface area contributed by atoms with E-state index >= 15 is 0 Å². The molecular weight excluding hydrogens is 292 g/mol. The molecule has 0 aliphatic heterocycles. The van der Waals surface area contributed by atoms with Gasteiger partial charge in [0.05, 0.1) is 6.54 Å². The van der Waals surface area contributed by atoms with Gasteiger partial charge in [0.2, 0.25) is 0 Å². The fraction of sp³-hybridized carbons (Fsp3) is 0.588. The van der Waals surface area contributed by atoms with Gasteiger partial charge >= 0.3 is 5.97 Å². The van der Waals surface area contributed by atoms with Crippen molar-refractivity contribution in [2.75, 3.05) is 18.4 Å². The predicted octanol–water partition coefficient (Wildman–Crippen LogP) is 2.00. The minimum absolute atomic E-state index is 0.134. The van der Waals surface area contributed by atoms with Crippen LogP contribution in [0.15, 0.2) is 12.1 Å². The number of hydrogen-bond donors (Lipinski definition) is 2. The summed E-state index contributed by atoms with van der Waals surface area (Å²) in [5.41, 5.74) is 1.33. The Hall–Kier alpha value is -2.13.